The highest BCUT2D eigenvalue weighted by Crippen LogP contribution is 2.40. The molecular weight excluding hydrogens is 348 g/mol. The Morgan fingerprint density at radius 1 is 1.11 bits per heavy atom. The first-order valence-electron chi connectivity index (χ1n) is 10.1. The highest BCUT2D eigenvalue weighted by molar-refractivity contribution is 5.82. The Morgan fingerprint density at radius 3 is 2.75 bits per heavy atom. The monoisotopic (exact) mass is 376 g/mol. The Hall–Kier alpha value is -2.59. The Kier molecular flexibility index (Phi) is 5.77. The second kappa shape index (κ2) is 8.61. The van der Waals surface area contributed by atoms with Crippen molar-refractivity contribution in [3.05, 3.63) is 71.6 Å². The van der Waals surface area contributed by atoms with Gasteiger partial charge in [-0.2, -0.15) is 0 Å². The maximum atomic E-state index is 6.21. The van der Waals surface area contributed by atoms with Crippen molar-refractivity contribution in [3.63, 3.8) is 0 Å². The van der Waals surface area contributed by atoms with Crippen molar-refractivity contribution in [2.75, 3.05) is 20.2 Å². The van der Waals surface area contributed by atoms with Gasteiger partial charge >= 0.3 is 0 Å². The van der Waals surface area contributed by atoms with E-state index in [0.29, 0.717) is 18.4 Å². The molecule has 1 aromatic carbocycles. The van der Waals surface area contributed by atoms with E-state index in [0.717, 1.165) is 42.3 Å². The lowest BCUT2D eigenvalue weighted by Crippen LogP contribution is -2.14. The van der Waals surface area contributed by atoms with Crippen molar-refractivity contribution in [2.45, 2.75) is 26.4 Å². The number of benzene rings is 1. The number of aryl methyl sites for hydroxylation is 1. The van der Waals surface area contributed by atoms with Gasteiger partial charge in [-0.15, -0.1) is 0 Å². The highest BCUT2D eigenvalue weighted by Gasteiger charge is 2.25. The molecule has 0 amide bonds. The van der Waals surface area contributed by atoms with Crippen LogP contribution in [0.5, 0.6) is 11.5 Å². The van der Waals surface area contributed by atoms with Crippen LogP contribution < -0.4 is 14.8 Å². The number of fused-ring (bicyclic) bond motifs is 1. The van der Waals surface area contributed by atoms with Gasteiger partial charge < -0.3 is 14.8 Å². The lowest BCUT2D eigenvalue weighted by atomic mass is 9.81. The normalized spacial score (nSPS) is 21.4. The SMILES string of the molecule is COc1cccc(OCc2cc(C)ccn2)c1C1=CC2CCNCCC2C=C1. The summed E-state index contributed by atoms with van der Waals surface area (Å²) in [6.45, 7) is 4.68. The van der Waals surface area contributed by atoms with Gasteiger partial charge in [0.05, 0.1) is 18.4 Å². The Morgan fingerprint density at radius 2 is 1.93 bits per heavy atom. The molecule has 2 unspecified atom stereocenters. The average molecular weight is 377 g/mol. The number of nitrogens with one attached hydrogen (secondary N) is 1. The topological polar surface area (TPSA) is 43.4 Å². The lowest BCUT2D eigenvalue weighted by Gasteiger charge is -2.25. The van der Waals surface area contributed by atoms with Gasteiger partial charge in [0.25, 0.3) is 0 Å². The minimum atomic E-state index is 0.439. The van der Waals surface area contributed by atoms with Crippen LogP contribution in [0.4, 0.5) is 0 Å². The third kappa shape index (κ3) is 4.12. The maximum absolute atomic E-state index is 6.21. The van der Waals surface area contributed by atoms with Gasteiger partial charge in [0.2, 0.25) is 0 Å². The molecule has 0 spiro atoms. The minimum Gasteiger partial charge on any atom is -0.496 e. The van der Waals surface area contributed by atoms with Crippen molar-refractivity contribution in [2.24, 2.45) is 11.8 Å². The maximum Gasteiger partial charge on any atom is 0.131 e. The van der Waals surface area contributed by atoms with E-state index in [2.05, 4.69) is 41.5 Å². The van der Waals surface area contributed by atoms with E-state index < -0.39 is 0 Å². The molecule has 0 radical (unpaired) electrons. The summed E-state index contributed by atoms with van der Waals surface area (Å²) in [5, 5.41) is 3.52. The molecule has 4 rings (SSSR count). The lowest BCUT2D eigenvalue weighted by molar-refractivity contribution is 0.297. The molecule has 4 heteroatoms. The smallest absolute Gasteiger partial charge is 0.131 e. The largest absolute Gasteiger partial charge is 0.496 e. The summed E-state index contributed by atoms with van der Waals surface area (Å²) in [5.74, 6) is 2.86. The van der Waals surface area contributed by atoms with Crippen LogP contribution in [-0.4, -0.2) is 25.2 Å². The quantitative estimate of drug-likeness (QED) is 0.832. The van der Waals surface area contributed by atoms with Crippen LogP contribution in [0.2, 0.25) is 0 Å². The van der Waals surface area contributed by atoms with Crippen molar-refractivity contribution in [1.29, 1.82) is 0 Å². The van der Waals surface area contributed by atoms with Crippen molar-refractivity contribution < 1.29 is 9.47 Å². The van der Waals surface area contributed by atoms with Gasteiger partial charge in [-0.1, -0.05) is 24.3 Å². The number of aromatic nitrogens is 1. The molecule has 146 valence electrons. The minimum absolute atomic E-state index is 0.439. The average Bonchev–Trinajstić information content (AvgIpc) is 2.96. The van der Waals surface area contributed by atoms with Crippen molar-refractivity contribution >= 4 is 5.57 Å². The number of nitrogens with zero attached hydrogens (tertiary/aromatic N) is 1. The van der Waals surface area contributed by atoms with Crippen LogP contribution >= 0.6 is 0 Å². The molecule has 28 heavy (non-hydrogen) atoms. The van der Waals surface area contributed by atoms with E-state index in [1.165, 1.54) is 17.6 Å². The fraction of sp³-hybridized carbons (Fsp3) is 0.375. The summed E-state index contributed by atoms with van der Waals surface area (Å²) in [6.07, 6.45) is 11.2. The molecule has 1 saturated heterocycles. The molecule has 2 heterocycles. The van der Waals surface area contributed by atoms with Gasteiger partial charge in [0, 0.05) is 6.20 Å². The molecular formula is C24H28N2O2. The van der Waals surface area contributed by atoms with E-state index in [9.17, 15) is 0 Å². The molecule has 2 aliphatic rings. The summed E-state index contributed by atoms with van der Waals surface area (Å²) < 4.78 is 11.9. The summed E-state index contributed by atoms with van der Waals surface area (Å²) in [6, 6.07) is 10.1. The van der Waals surface area contributed by atoms with Gasteiger partial charge in [-0.25, -0.2) is 0 Å². The molecule has 1 aliphatic carbocycles. The standard InChI is InChI=1S/C24H28N2O2/c1-17-8-13-26-21(14-17)16-28-23-5-3-4-22(27-2)24(23)20-7-6-18-9-11-25-12-10-19(18)15-20/h3-8,13-15,18-19,25H,9-12,16H2,1-2H3. The molecule has 0 saturated carbocycles. The molecule has 1 fully saturated rings. The predicted octanol–water partition coefficient (Wildman–Crippen LogP) is 4.55. The highest BCUT2D eigenvalue weighted by atomic mass is 16.5. The fourth-order valence-electron chi connectivity index (χ4n) is 4.13. The van der Waals surface area contributed by atoms with Gasteiger partial charge in [-0.05, 0) is 80.1 Å². The van der Waals surface area contributed by atoms with Crippen LogP contribution in [0.15, 0.2) is 54.8 Å². The zero-order valence-corrected chi connectivity index (χ0v) is 16.7. The van der Waals surface area contributed by atoms with Gasteiger partial charge in [0.15, 0.2) is 0 Å². The molecule has 2 aromatic rings. The number of methoxy groups -OCH3 is 1. The van der Waals surface area contributed by atoms with Crippen LogP contribution in [0.1, 0.15) is 29.7 Å². The third-order valence-electron chi connectivity index (χ3n) is 5.62. The first kappa shape index (κ1) is 18.8. The van der Waals surface area contributed by atoms with E-state index in [-0.39, 0.29) is 0 Å². The first-order valence-corrected chi connectivity index (χ1v) is 10.1. The van der Waals surface area contributed by atoms with Crippen LogP contribution in [0.3, 0.4) is 0 Å². The number of allylic oxidation sites excluding steroid dienone is 4. The Labute approximate surface area is 167 Å². The fourth-order valence-corrected chi connectivity index (χ4v) is 4.13. The Balaban J connectivity index is 1.63. The number of pyridine rings is 1. The van der Waals surface area contributed by atoms with Crippen molar-refractivity contribution in [1.82, 2.24) is 10.3 Å². The van der Waals surface area contributed by atoms with E-state index in [1.807, 2.05) is 30.5 Å². The molecule has 2 atom stereocenters. The van der Waals surface area contributed by atoms with Crippen molar-refractivity contribution in [3.8, 4) is 11.5 Å². The van der Waals surface area contributed by atoms with Gasteiger partial charge in [-0.3, -0.25) is 4.98 Å². The summed E-state index contributed by atoms with van der Waals surface area (Å²) in [7, 11) is 1.72. The van der Waals surface area contributed by atoms with Crippen LogP contribution in [0.25, 0.3) is 5.57 Å². The predicted molar refractivity (Wildman–Crippen MR) is 113 cm³/mol. The molecule has 1 aliphatic heterocycles. The first-order chi connectivity index (χ1) is 13.7. The molecule has 1 aromatic heterocycles. The van der Waals surface area contributed by atoms with E-state index >= 15 is 0 Å². The summed E-state index contributed by atoms with van der Waals surface area (Å²) in [4.78, 5) is 4.41. The van der Waals surface area contributed by atoms with E-state index in [4.69, 9.17) is 9.47 Å². The second-order valence-corrected chi connectivity index (χ2v) is 7.58. The molecule has 1 N–H and O–H groups in total. The number of ether oxygens (including phenoxy) is 2. The number of rotatable bonds is 5. The summed E-state index contributed by atoms with van der Waals surface area (Å²) >= 11 is 0. The molecule has 4 nitrogen and oxygen atoms in total. The zero-order valence-electron chi connectivity index (χ0n) is 16.7. The van der Waals surface area contributed by atoms with Crippen LogP contribution in [0, 0.1) is 18.8 Å². The Bertz CT molecular complexity index is 888. The zero-order chi connectivity index (χ0) is 19.3. The summed E-state index contributed by atoms with van der Waals surface area (Å²) in [5.41, 5.74) is 4.33. The molecule has 0 bridgehead atoms. The number of hydrogen-bond donors (Lipinski definition) is 1. The van der Waals surface area contributed by atoms with Crippen LogP contribution in [-0.2, 0) is 6.61 Å². The second-order valence-electron chi connectivity index (χ2n) is 7.58. The third-order valence-corrected chi connectivity index (χ3v) is 5.62. The number of hydrogen-bond acceptors (Lipinski definition) is 4. The van der Waals surface area contributed by atoms with E-state index in [1.54, 1.807) is 7.11 Å². The van der Waals surface area contributed by atoms with Gasteiger partial charge in [0.1, 0.15) is 18.1 Å².